The van der Waals surface area contributed by atoms with Gasteiger partial charge in [-0.1, -0.05) is 39.0 Å². The minimum Gasteiger partial charge on any atom is -0.337 e. The fourth-order valence-electron chi connectivity index (χ4n) is 2.86. The summed E-state index contributed by atoms with van der Waals surface area (Å²) in [5.41, 5.74) is 0.471. The highest BCUT2D eigenvalue weighted by Crippen LogP contribution is 2.27. The van der Waals surface area contributed by atoms with Gasteiger partial charge in [-0.2, -0.15) is 5.26 Å². The fraction of sp³-hybridized carbons (Fsp3) is 0.571. The summed E-state index contributed by atoms with van der Waals surface area (Å²) >= 11 is 1.28. The van der Waals surface area contributed by atoms with E-state index in [9.17, 15) is 18.5 Å². The molecular weight excluding hydrogens is 434 g/mol. The van der Waals surface area contributed by atoms with Crippen LogP contribution in [-0.4, -0.2) is 53.6 Å². The molecule has 0 aliphatic heterocycles. The number of unbranched alkanes of at least 4 members (excludes halogenated alkanes) is 1. The Labute approximate surface area is 189 Å². The number of nitriles is 1. The molecule has 1 atom stereocenters. The zero-order valence-corrected chi connectivity index (χ0v) is 20.6. The number of carbonyl (C=O) groups is 1. The monoisotopic (exact) mass is 465 g/mol. The van der Waals surface area contributed by atoms with Crippen molar-refractivity contribution >= 4 is 38.7 Å². The highest BCUT2D eigenvalue weighted by atomic mass is 32.2. The van der Waals surface area contributed by atoms with E-state index in [0.29, 0.717) is 10.7 Å². The molecule has 0 aliphatic carbocycles. The molecule has 0 aliphatic rings. The van der Waals surface area contributed by atoms with E-state index >= 15 is 0 Å². The van der Waals surface area contributed by atoms with E-state index in [4.69, 9.17) is 0 Å². The quantitative estimate of drug-likeness (QED) is 0.540. The molecule has 2 aromatic rings. The first-order valence-corrected chi connectivity index (χ1v) is 12.7. The number of nitrogens with zero attached hydrogens (tertiary/aromatic N) is 4. The normalized spacial score (nSPS) is 14.0. The van der Waals surface area contributed by atoms with Crippen molar-refractivity contribution in [3.63, 3.8) is 0 Å². The van der Waals surface area contributed by atoms with Gasteiger partial charge >= 0.3 is 0 Å². The summed E-state index contributed by atoms with van der Waals surface area (Å²) in [7, 11) is -0.581. The zero-order chi connectivity index (χ0) is 23.4. The van der Waals surface area contributed by atoms with Crippen LogP contribution in [-0.2, 0) is 21.4 Å². The smallest absolute Gasteiger partial charge is 0.242 e. The molecule has 8 nitrogen and oxygen atoms in total. The first-order chi connectivity index (χ1) is 14.5. The van der Waals surface area contributed by atoms with Gasteiger partial charge in [0.05, 0.1) is 27.8 Å². The molecule has 0 saturated carbocycles. The van der Waals surface area contributed by atoms with Crippen LogP contribution in [0.2, 0.25) is 0 Å². The molecule has 0 bridgehead atoms. The summed E-state index contributed by atoms with van der Waals surface area (Å²) in [6, 6.07) is 7.10. The lowest BCUT2D eigenvalue weighted by Crippen LogP contribution is -2.49. The lowest BCUT2D eigenvalue weighted by Gasteiger charge is -2.27. The summed E-state index contributed by atoms with van der Waals surface area (Å²) in [5.74, 6) is -0.159. The van der Waals surface area contributed by atoms with Crippen molar-refractivity contribution in [1.82, 2.24) is 19.2 Å². The number of hydrogen-bond donors (Lipinski definition) is 1. The van der Waals surface area contributed by atoms with E-state index in [1.54, 1.807) is 25.1 Å². The Morgan fingerprint density at radius 2 is 2.06 bits per heavy atom. The number of hydrogen-bond acceptors (Lipinski definition) is 6. The Morgan fingerprint density at radius 1 is 1.39 bits per heavy atom. The van der Waals surface area contributed by atoms with E-state index in [2.05, 4.69) is 23.3 Å². The molecule has 1 heterocycles. The minimum atomic E-state index is -3.56. The third-order valence-corrected chi connectivity index (χ3v) is 8.10. The summed E-state index contributed by atoms with van der Waals surface area (Å²) < 4.78 is 28.1. The maximum Gasteiger partial charge on any atom is 0.242 e. The fourth-order valence-corrected chi connectivity index (χ4v) is 4.62. The predicted octanol–water partition coefficient (Wildman–Crippen LogP) is 3.23. The highest BCUT2D eigenvalue weighted by molar-refractivity contribution is 7.99. The summed E-state index contributed by atoms with van der Waals surface area (Å²) in [6.07, 6.45) is 1.93. The van der Waals surface area contributed by atoms with Crippen LogP contribution in [0.3, 0.4) is 0 Å². The second-order valence-electron chi connectivity index (χ2n) is 8.14. The summed E-state index contributed by atoms with van der Waals surface area (Å²) in [4.78, 5) is 17.3. The van der Waals surface area contributed by atoms with Crippen molar-refractivity contribution in [3.8, 4) is 6.07 Å². The van der Waals surface area contributed by atoms with Gasteiger partial charge in [-0.3, -0.25) is 4.79 Å². The van der Waals surface area contributed by atoms with Crippen LogP contribution in [0.5, 0.6) is 0 Å². The Bertz CT molecular complexity index is 1090. The zero-order valence-electron chi connectivity index (χ0n) is 19.0. The Morgan fingerprint density at radius 3 is 2.61 bits per heavy atom. The Balaban J connectivity index is 2.33. The first-order valence-electron chi connectivity index (χ1n) is 10.2. The number of aryl methyl sites for hydroxylation is 1. The number of amides is 1. The third-order valence-electron chi connectivity index (χ3n) is 5.32. The number of rotatable bonds is 10. The molecule has 1 aromatic carbocycles. The number of aromatic nitrogens is 2. The maximum atomic E-state index is 12.5. The number of sulfonamides is 1. The van der Waals surface area contributed by atoms with Gasteiger partial charge in [-0.15, -0.1) is 0 Å². The molecule has 170 valence electrons. The third kappa shape index (κ3) is 5.59. The van der Waals surface area contributed by atoms with Crippen LogP contribution in [0, 0.1) is 17.2 Å². The first kappa shape index (κ1) is 25.2. The van der Waals surface area contributed by atoms with Gasteiger partial charge in [0.1, 0.15) is 5.54 Å². The molecule has 1 amide bonds. The van der Waals surface area contributed by atoms with Crippen molar-refractivity contribution in [2.24, 2.45) is 5.92 Å². The molecule has 31 heavy (non-hydrogen) atoms. The van der Waals surface area contributed by atoms with Gasteiger partial charge in [-0.05, 0) is 37.5 Å². The number of thioether (sulfide) groups is 1. The number of carbonyl (C=O) groups excluding carboxylic acids is 1. The van der Waals surface area contributed by atoms with Crippen molar-refractivity contribution < 1.29 is 13.2 Å². The molecule has 2 rings (SSSR count). The van der Waals surface area contributed by atoms with Crippen LogP contribution in [0.15, 0.2) is 28.3 Å². The summed E-state index contributed by atoms with van der Waals surface area (Å²) in [6.45, 7) is 8.30. The van der Waals surface area contributed by atoms with Crippen LogP contribution < -0.4 is 5.32 Å². The van der Waals surface area contributed by atoms with E-state index in [0.717, 1.165) is 24.9 Å². The average Bonchev–Trinajstić information content (AvgIpc) is 3.06. The van der Waals surface area contributed by atoms with Crippen LogP contribution in [0.4, 0.5) is 0 Å². The predicted molar refractivity (Wildman–Crippen MR) is 123 cm³/mol. The summed E-state index contributed by atoms with van der Waals surface area (Å²) in [5, 5.41) is 12.9. The molecule has 1 N–H and O–H groups in total. The van der Waals surface area contributed by atoms with Gasteiger partial charge in [0, 0.05) is 20.6 Å². The lowest BCUT2D eigenvalue weighted by molar-refractivity contribution is -0.120. The topological polar surface area (TPSA) is 108 Å². The SMILES string of the molecule is CCCCn1c(SCC(=O)NC(C)(C#N)C(C)C)nc2cc(S(=O)(=O)N(C)C)ccc21. The second-order valence-corrected chi connectivity index (χ2v) is 11.2. The second kappa shape index (κ2) is 10.0. The largest absolute Gasteiger partial charge is 0.337 e. The molecule has 0 spiro atoms. The molecule has 0 radical (unpaired) electrons. The molecule has 1 aromatic heterocycles. The van der Waals surface area contributed by atoms with Crippen molar-refractivity contribution in [1.29, 1.82) is 5.26 Å². The van der Waals surface area contributed by atoms with E-state index in [-0.39, 0.29) is 22.5 Å². The van der Waals surface area contributed by atoms with Crippen LogP contribution >= 0.6 is 11.8 Å². The van der Waals surface area contributed by atoms with Crippen molar-refractivity contribution in [2.75, 3.05) is 19.8 Å². The molecule has 10 heteroatoms. The minimum absolute atomic E-state index is 0.0300. The van der Waals surface area contributed by atoms with Gasteiger partial charge < -0.3 is 9.88 Å². The Kier molecular flexibility index (Phi) is 8.14. The van der Waals surface area contributed by atoms with Crippen LogP contribution in [0.1, 0.15) is 40.5 Å². The average molecular weight is 466 g/mol. The number of benzene rings is 1. The van der Waals surface area contributed by atoms with Gasteiger partial charge in [0.2, 0.25) is 15.9 Å². The van der Waals surface area contributed by atoms with Crippen molar-refractivity contribution in [2.45, 2.75) is 62.7 Å². The van der Waals surface area contributed by atoms with E-state index in [1.165, 1.54) is 30.2 Å². The molecule has 1 unspecified atom stereocenters. The molecule has 0 saturated heterocycles. The lowest BCUT2D eigenvalue weighted by atomic mass is 9.90. The number of fused-ring (bicyclic) bond motifs is 1. The van der Waals surface area contributed by atoms with Gasteiger partial charge in [-0.25, -0.2) is 17.7 Å². The van der Waals surface area contributed by atoms with Gasteiger partial charge in [0.25, 0.3) is 0 Å². The Hall–Kier alpha value is -2.09. The highest BCUT2D eigenvalue weighted by Gasteiger charge is 2.30. The standard InChI is InChI=1S/C21H31N5O3S2/c1-7-8-11-26-18-10-9-16(31(28,29)25(5)6)12-17(18)23-20(26)30-13-19(27)24-21(4,14-22)15(2)3/h9-10,12,15H,7-8,11,13H2,1-6H3,(H,24,27). The van der Waals surface area contributed by atoms with Crippen molar-refractivity contribution in [3.05, 3.63) is 18.2 Å². The van der Waals surface area contributed by atoms with E-state index < -0.39 is 15.6 Å². The van der Waals surface area contributed by atoms with Gasteiger partial charge in [0.15, 0.2) is 5.16 Å². The van der Waals surface area contributed by atoms with Crippen LogP contribution in [0.25, 0.3) is 11.0 Å². The molecule has 0 fully saturated rings. The maximum absolute atomic E-state index is 12.5. The van der Waals surface area contributed by atoms with E-state index in [1.807, 2.05) is 18.4 Å². The molecular formula is C21H31N5O3S2. The number of imidazole rings is 1. The number of nitrogens with one attached hydrogen (secondary N) is 1.